The van der Waals surface area contributed by atoms with E-state index in [1.807, 2.05) is 0 Å². The highest BCUT2D eigenvalue weighted by molar-refractivity contribution is 7.89. The largest absolute Gasteiger partial charge is 0.244 e. The highest BCUT2D eigenvalue weighted by Gasteiger charge is 2.21. The van der Waals surface area contributed by atoms with Gasteiger partial charge in [0.1, 0.15) is 16.8 Å². The maximum Gasteiger partial charge on any atom is 0.244 e. The topological polar surface area (TPSA) is 70.0 Å². The molecule has 1 rings (SSSR count). The molecule has 0 amide bonds. The van der Waals surface area contributed by atoms with Crippen LogP contribution < -0.4 is 4.72 Å². The Bertz CT molecular complexity index is 534. The van der Waals surface area contributed by atoms with E-state index in [1.165, 1.54) is 19.1 Å². The van der Waals surface area contributed by atoms with Gasteiger partial charge in [-0.05, 0) is 31.5 Å². The maximum absolute atomic E-state index is 13.3. The molecule has 0 radical (unpaired) electrons. The van der Waals surface area contributed by atoms with Crippen molar-refractivity contribution in [3.63, 3.8) is 0 Å². The van der Waals surface area contributed by atoms with Crippen molar-refractivity contribution in [1.82, 2.24) is 4.72 Å². The maximum atomic E-state index is 13.3. The second-order valence-electron chi connectivity index (χ2n) is 3.41. The first-order valence-corrected chi connectivity index (χ1v) is 6.03. The van der Waals surface area contributed by atoms with Gasteiger partial charge in [-0.1, -0.05) is 6.07 Å². The molecule has 0 spiro atoms. The van der Waals surface area contributed by atoms with E-state index < -0.39 is 26.8 Å². The summed E-state index contributed by atoms with van der Waals surface area (Å²) in [6.07, 6.45) is 0. The summed E-state index contributed by atoms with van der Waals surface area (Å²) in [4.78, 5) is -0.436. The van der Waals surface area contributed by atoms with Crippen molar-refractivity contribution in [2.45, 2.75) is 24.8 Å². The number of nitriles is 1. The van der Waals surface area contributed by atoms with E-state index in [0.717, 1.165) is 6.07 Å². The minimum Gasteiger partial charge on any atom is -0.207 e. The summed E-state index contributed by atoms with van der Waals surface area (Å²) in [5.74, 6) is -0.830. The summed E-state index contributed by atoms with van der Waals surface area (Å²) < 4.78 is 38.7. The summed E-state index contributed by atoms with van der Waals surface area (Å²) >= 11 is 0. The van der Waals surface area contributed by atoms with Crippen LogP contribution in [-0.4, -0.2) is 14.5 Å². The van der Waals surface area contributed by atoms with Crippen LogP contribution in [0.3, 0.4) is 0 Å². The van der Waals surface area contributed by atoms with Crippen molar-refractivity contribution >= 4 is 10.0 Å². The molecule has 0 aliphatic rings. The Hall–Kier alpha value is -1.45. The molecule has 0 saturated heterocycles. The second-order valence-corrected chi connectivity index (χ2v) is 5.09. The Morgan fingerprint density at radius 2 is 2.12 bits per heavy atom. The predicted octanol–water partition coefficient (Wildman–Crippen LogP) is 1.32. The Kier molecular flexibility index (Phi) is 3.62. The monoisotopic (exact) mass is 242 g/mol. The van der Waals surface area contributed by atoms with Crippen LogP contribution in [0, 0.1) is 24.1 Å². The van der Waals surface area contributed by atoms with E-state index in [9.17, 15) is 12.8 Å². The first kappa shape index (κ1) is 12.6. The number of hydrogen-bond donors (Lipinski definition) is 1. The van der Waals surface area contributed by atoms with Gasteiger partial charge in [0.05, 0.1) is 6.07 Å². The third-order valence-corrected chi connectivity index (χ3v) is 3.46. The van der Waals surface area contributed by atoms with E-state index in [-0.39, 0.29) is 0 Å². The van der Waals surface area contributed by atoms with Gasteiger partial charge in [-0.15, -0.1) is 0 Å². The molecule has 0 aliphatic heterocycles. The summed E-state index contributed by atoms with van der Waals surface area (Å²) in [5, 5.41) is 8.50. The molecule has 0 fully saturated rings. The molecule has 0 aromatic heterocycles. The molecular weight excluding hydrogens is 231 g/mol. The zero-order chi connectivity index (χ0) is 12.3. The average molecular weight is 242 g/mol. The molecule has 16 heavy (non-hydrogen) atoms. The first-order chi connectivity index (χ1) is 7.36. The van der Waals surface area contributed by atoms with E-state index in [4.69, 9.17) is 5.26 Å². The van der Waals surface area contributed by atoms with Crippen LogP contribution in [0.4, 0.5) is 4.39 Å². The fourth-order valence-electron chi connectivity index (χ4n) is 1.14. The van der Waals surface area contributed by atoms with Gasteiger partial charge in [-0.2, -0.15) is 9.98 Å². The molecule has 1 aromatic rings. The highest BCUT2D eigenvalue weighted by Crippen LogP contribution is 2.16. The molecule has 1 aromatic carbocycles. The van der Waals surface area contributed by atoms with Crippen molar-refractivity contribution in [3.8, 4) is 6.07 Å². The molecule has 4 nitrogen and oxygen atoms in total. The van der Waals surface area contributed by atoms with Crippen LogP contribution in [0.15, 0.2) is 23.1 Å². The molecule has 6 heteroatoms. The molecule has 1 atom stereocenters. The average Bonchev–Trinajstić information content (AvgIpc) is 2.20. The van der Waals surface area contributed by atoms with Crippen LogP contribution in [0.2, 0.25) is 0 Å². The Labute approximate surface area is 93.8 Å². The lowest BCUT2D eigenvalue weighted by Gasteiger charge is -2.09. The lowest BCUT2D eigenvalue weighted by molar-refractivity contribution is 0.553. The molecule has 1 N–H and O–H groups in total. The molecule has 0 bridgehead atoms. The van der Waals surface area contributed by atoms with Gasteiger partial charge in [0, 0.05) is 0 Å². The SMILES string of the molecule is Cc1ccc(F)c(S(=O)(=O)N[C@@H](C)C#N)c1. The zero-order valence-corrected chi connectivity index (χ0v) is 9.68. The Morgan fingerprint density at radius 1 is 1.50 bits per heavy atom. The number of nitrogens with zero attached hydrogens (tertiary/aromatic N) is 1. The highest BCUT2D eigenvalue weighted by atomic mass is 32.2. The van der Waals surface area contributed by atoms with E-state index in [1.54, 1.807) is 13.0 Å². The van der Waals surface area contributed by atoms with Crippen molar-refractivity contribution in [3.05, 3.63) is 29.6 Å². The number of hydrogen-bond acceptors (Lipinski definition) is 3. The van der Waals surface area contributed by atoms with E-state index in [2.05, 4.69) is 4.72 Å². The standard InChI is InChI=1S/C10H11FN2O2S/c1-7-3-4-9(11)10(5-7)16(14,15)13-8(2)6-12/h3-5,8,13H,1-2H3/t8-/m0/s1. The van der Waals surface area contributed by atoms with Crippen LogP contribution in [0.1, 0.15) is 12.5 Å². The van der Waals surface area contributed by atoms with Gasteiger partial charge in [-0.3, -0.25) is 0 Å². The lowest BCUT2D eigenvalue weighted by atomic mass is 10.2. The smallest absolute Gasteiger partial charge is 0.207 e. The van der Waals surface area contributed by atoms with Gasteiger partial charge in [-0.25, -0.2) is 12.8 Å². The molecular formula is C10H11FN2O2S. The van der Waals surface area contributed by atoms with Crippen molar-refractivity contribution in [1.29, 1.82) is 5.26 Å². The Balaban J connectivity index is 3.18. The summed E-state index contributed by atoms with van der Waals surface area (Å²) in [5.41, 5.74) is 0.631. The number of sulfonamides is 1. The first-order valence-electron chi connectivity index (χ1n) is 4.55. The summed E-state index contributed by atoms with van der Waals surface area (Å²) in [6.45, 7) is 3.04. The lowest BCUT2D eigenvalue weighted by Crippen LogP contribution is -2.32. The number of aryl methyl sites for hydroxylation is 1. The van der Waals surface area contributed by atoms with Gasteiger partial charge in [0.2, 0.25) is 10.0 Å². The second kappa shape index (κ2) is 4.60. The van der Waals surface area contributed by atoms with Crippen LogP contribution in [0.25, 0.3) is 0 Å². The fraction of sp³-hybridized carbons (Fsp3) is 0.300. The van der Waals surface area contributed by atoms with Crippen LogP contribution in [-0.2, 0) is 10.0 Å². The molecule has 0 saturated carbocycles. The minimum absolute atomic E-state index is 0.436. The third kappa shape index (κ3) is 2.78. The zero-order valence-electron chi connectivity index (χ0n) is 8.86. The number of benzene rings is 1. The molecule has 0 aliphatic carbocycles. The summed E-state index contributed by atoms with van der Waals surface area (Å²) in [6, 6.07) is 4.60. The van der Waals surface area contributed by atoms with Crippen molar-refractivity contribution in [2.24, 2.45) is 0 Å². The molecule has 0 unspecified atom stereocenters. The van der Waals surface area contributed by atoms with Crippen LogP contribution in [0.5, 0.6) is 0 Å². The fourth-order valence-corrected chi connectivity index (χ4v) is 2.45. The van der Waals surface area contributed by atoms with Gasteiger partial charge < -0.3 is 0 Å². The predicted molar refractivity (Wildman–Crippen MR) is 56.5 cm³/mol. The number of rotatable bonds is 3. The minimum atomic E-state index is -3.97. The quantitative estimate of drug-likeness (QED) is 0.869. The van der Waals surface area contributed by atoms with Gasteiger partial charge >= 0.3 is 0 Å². The van der Waals surface area contributed by atoms with Gasteiger partial charge in [0.25, 0.3) is 0 Å². The van der Waals surface area contributed by atoms with Crippen molar-refractivity contribution < 1.29 is 12.8 Å². The molecule has 0 heterocycles. The third-order valence-electron chi connectivity index (χ3n) is 1.90. The van der Waals surface area contributed by atoms with Gasteiger partial charge in [0.15, 0.2) is 0 Å². The number of halogens is 1. The summed E-state index contributed by atoms with van der Waals surface area (Å²) in [7, 11) is -3.97. The van der Waals surface area contributed by atoms with E-state index >= 15 is 0 Å². The van der Waals surface area contributed by atoms with E-state index in [0.29, 0.717) is 5.56 Å². The van der Waals surface area contributed by atoms with Crippen molar-refractivity contribution in [2.75, 3.05) is 0 Å². The van der Waals surface area contributed by atoms with Crippen LogP contribution >= 0.6 is 0 Å². The molecule has 86 valence electrons. The Morgan fingerprint density at radius 3 is 2.69 bits per heavy atom. The number of nitrogens with one attached hydrogen (secondary N) is 1. The normalized spacial score (nSPS) is 13.1.